The molecule has 2 heterocycles. The molecule has 1 aliphatic carbocycles. The van der Waals surface area contributed by atoms with Crippen molar-refractivity contribution in [2.45, 2.75) is 39.2 Å². The number of imidazole rings is 1. The maximum atomic E-state index is 12.4. The highest BCUT2D eigenvalue weighted by Crippen LogP contribution is 2.28. The van der Waals surface area contributed by atoms with Gasteiger partial charge in [-0.15, -0.1) is 0 Å². The molecule has 1 aromatic carbocycles. The summed E-state index contributed by atoms with van der Waals surface area (Å²) in [5.74, 6) is 2.02. The first-order chi connectivity index (χ1) is 13.5. The van der Waals surface area contributed by atoms with Gasteiger partial charge in [0.15, 0.2) is 5.65 Å². The molecule has 1 saturated carbocycles. The van der Waals surface area contributed by atoms with Crippen molar-refractivity contribution in [3.8, 4) is 0 Å². The van der Waals surface area contributed by atoms with Crippen LogP contribution in [0.25, 0.3) is 11.2 Å². The third-order valence-corrected chi connectivity index (χ3v) is 6.14. The molecule has 0 amide bonds. The third kappa shape index (κ3) is 4.18. The van der Waals surface area contributed by atoms with Crippen molar-refractivity contribution < 1.29 is 0 Å². The number of aromatic amines is 1. The quantitative estimate of drug-likeness (QED) is 0.627. The van der Waals surface area contributed by atoms with Crippen molar-refractivity contribution in [3.63, 3.8) is 0 Å². The summed E-state index contributed by atoms with van der Waals surface area (Å²) in [5, 5.41) is 4.48. The molecule has 6 nitrogen and oxygen atoms in total. The Hall–Kier alpha value is -2.05. The van der Waals surface area contributed by atoms with E-state index in [0.29, 0.717) is 33.1 Å². The van der Waals surface area contributed by atoms with Crippen LogP contribution < -0.4 is 11.0 Å². The Morgan fingerprint density at radius 3 is 2.82 bits per heavy atom. The van der Waals surface area contributed by atoms with E-state index < -0.39 is 0 Å². The van der Waals surface area contributed by atoms with Gasteiger partial charge in [-0.1, -0.05) is 43.0 Å². The van der Waals surface area contributed by atoms with Gasteiger partial charge in [0.25, 0.3) is 0 Å². The molecule has 2 aromatic heterocycles. The third-order valence-electron chi connectivity index (χ3n) is 5.53. The minimum absolute atomic E-state index is 0.251. The molecule has 148 valence electrons. The van der Waals surface area contributed by atoms with Gasteiger partial charge in [-0.2, -0.15) is 4.98 Å². The highest BCUT2D eigenvalue weighted by molar-refractivity contribution is 6.33. The highest BCUT2D eigenvalue weighted by atomic mass is 35.5. The van der Waals surface area contributed by atoms with Gasteiger partial charge in [0, 0.05) is 16.6 Å². The monoisotopic (exact) mass is 419 g/mol. The number of benzene rings is 1. The summed E-state index contributed by atoms with van der Waals surface area (Å²) in [7, 11) is 0. The van der Waals surface area contributed by atoms with Crippen LogP contribution in [0.15, 0.2) is 29.2 Å². The number of hydrogen-bond acceptors (Lipinski definition) is 4. The van der Waals surface area contributed by atoms with E-state index in [0.717, 1.165) is 18.0 Å². The number of rotatable bonds is 5. The number of H-pyrrole nitrogens is 1. The van der Waals surface area contributed by atoms with E-state index in [1.54, 1.807) is 29.0 Å². The second kappa shape index (κ2) is 8.13. The fourth-order valence-corrected chi connectivity index (χ4v) is 4.15. The summed E-state index contributed by atoms with van der Waals surface area (Å²) < 4.78 is 1.56. The van der Waals surface area contributed by atoms with Gasteiger partial charge < -0.3 is 10.3 Å². The van der Waals surface area contributed by atoms with E-state index in [1.807, 2.05) is 0 Å². The number of aromatic nitrogens is 4. The van der Waals surface area contributed by atoms with Crippen LogP contribution in [0.4, 0.5) is 5.95 Å². The number of hydrogen-bond donors (Lipinski definition) is 2. The lowest BCUT2D eigenvalue weighted by molar-refractivity contribution is 0.300. The molecule has 0 unspecified atom stereocenters. The lowest BCUT2D eigenvalue weighted by Gasteiger charge is -2.26. The van der Waals surface area contributed by atoms with Gasteiger partial charge in [-0.25, -0.2) is 9.78 Å². The molecule has 0 atom stereocenters. The van der Waals surface area contributed by atoms with Crippen LogP contribution >= 0.6 is 23.2 Å². The van der Waals surface area contributed by atoms with E-state index in [1.165, 1.54) is 25.7 Å². The minimum Gasteiger partial charge on any atom is -0.354 e. The van der Waals surface area contributed by atoms with Crippen LogP contribution in [0.2, 0.25) is 10.0 Å². The predicted molar refractivity (Wildman–Crippen MR) is 113 cm³/mol. The maximum absolute atomic E-state index is 12.4. The molecule has 3 aromatic rings. The molecule has 0 saturated heterocycles. The minimum atomic E-state index is -0.251. The predicted octanol–water partition coefficient (Wildman–Crippen LogP) is 4.71. The Bertz CT molecular complexity index is 1040. The van der Waals surface area contributed by atoms with E-state index in [9.17, 15) is 4.79 Å². The standard InChI is InChI=1S/C20H23Cl2N5O/c1-12-2-4-13(5-3-12)9-23-19-24-10-17-18(26-19)27(20(28)25-17)11-14-8-15(21)6-7-16(14)22/h6-8,10,12-13H,2-5,9,11H2,1H3,(H,25,28)(H,23,24,26). The van der Waals surface area contributed by atoms with Crippen molar-refractivity contribution in [1.29, 1.82) is 0 Å². The molecular weight excluding hydrogens is 397 g/mol. The lowest BCUT2D eigenvalue weighted by Crippen LogP contribution is -2.21. The molecule has 0 spiro atoms. The zero-order valence-electron chi connectivity index (χ0n) is 15.7. The van der Waals surface area contributed by atoms with E-state index >= 15 is 0 Å². The van der Waals surface area contributed by atoms with Crippen LogP contribution in [0.5, 0.6) is 0 Å². The second-order valence-corrected chi connectivity index (χ2v) is 8.53. The second-order valence-electron chi connectivity index (χ2n) is 7.69. The number of anilines is 1. The largest absolute Gasteiger partial charge is 0.354 e. The van der Waals surface area contributed by atoms with Crippen LogP contribution in [-0.4, -0.2) is 26.1 Å². The Morgan fingerprint density at radius 2 is 2.04 bits per heavy atom. The zero-order valence-corrected chi connectivity index (χ0v) is 17.2. The normalized spacial score (nSPS) is 19.8. The van der Waals surface area contributed by atoms with E-state index in [-0.39, 0.29) is 12.2 Å². The van der Waals surface area contributed by atoms with Gasteiger partial charge >= 0.3 is 5.69 Å². The fourth-order valence-electron chi connectivity index (χ4n) is 3.78. The Kier molecular flexibility index (Phi) is 5.60. The molecule has 4 rings (SSSR count). The molecule has 1 fully saturated rings. The first-order valence-corrected chi connectivity index (χ1v) is 10.4. The number of fused-ring (bicyclic) bond motifs is 1. The van der Waals surface area contributed by atoms with Gasteiger partial charge in [0.2, 0.25) is 5.95 Å². The van der Waals surface area contributed by atoms with Crippen LogP contribution in [0, 0.1) is 11.8 Å². The van der Waals surface area contributed by atoms with E-state index in [4.69, 9.17) is 23.2 Å². The molecule has 2 N–H and O–H groups in total. The summed E-state index contributed by atoms with van der Waals surface area (Å²) in [4.78, 5) is 24.2. The average molecular weight is 420 g/mol. The topological polar surface area (TPSA) is 75.6 Å². The Labute approximate surface area is 173 Å². The summed E-state index contributed by atoms with van der Waals surface area (Å²) >= 11 is 12.3. The van der Waals surface area contributed by atoms with Crippen molar-refractivity contribution in [2.75, 3.05) is 11.9 Å². The van der Waals surface area contributed by atoms with Crippen LogP contribution in [-0.2, 0) is 6.54 Å². The highest BCUT2D eigenvalue weighted by Gasteiger charge is 2.18. The molecular formula is C20H23Cl2N5O. The summed E-state index contributed by atoms with van der Waals surface area (Å²) in [6.45, 7) is 3.46. The van der Waals surface area contributed by atoms with Crippen molar-refractivity contribution in [2.24, 2.45) is 11.8 Å². The van der Waals surface area contributed by atoms with Gasteiger partial charge in [0.05, 0.1) is 12.7 Å². The SMILES string of the molecule is CC1CCC(CNc2ncc3[nH]c(=O)n(Cc4cc(Cl)ccc4Cl)c3n2)CC1. The summed E-state index contributed by atoms with van der Waals surface area (Å²) in [6.07, 6.45) is 6.68. The van der Waals surface area contributed by atoms with Crippen molar-refractivity contribution in [3.05, 3.63) is 50.5 Å². The van der Waals surface area contributed by atoms with Crippen LogP contribution in [0.3, 0.4) is 0 Å². The average Bonchev–Trinajstić information content (AvgIpc) is 2.99. The van der Waals surface area contributed by atoms with Crippen LogP contribution in [0.1, 0.15) is 38.2 Å². The number of nitrogens with zero attached hydrogens (tertiary/aromatic N) is 3. The van der Waals surface area contributed by atoms with Crippen molar-refractivity contribution >= 4 is 40.3 Å². The molecule has 8 heteroatoms. The number of nitrogens with one attached hydrogen (secondary N) is 2. The number of halogens is 2. The smallest absolute Gasteiger partial charge is 0.328 e. The Balaban J connectivity index is 1.56. The van der Waals surface area contributed by atoms with Gasteiger partial charge in [0.1, 0.15) is 5.52 Å². The Morgan fingerprint density at radius 1 is 1.25 bits per heavy atom. The maximum Gasteiger partial charge on any atom is 0.328 e. The molecule has 0 aliphatic heterocycles. The van der Waals surface area contributed by atoms with E-state index in [2.05, 4.69) is 27.2 Å². The fraction of sp³-hybridized carbons (Fsp3) is 0.450. The zero-order chi connectivity index (χ0) is 19.7. The molecule has 1 aliphatic rings. The van der Waals surface area contributed by atoms with Gasteiger partial charge in [-0.3, -0.25) is 4.57 Å². The first kappa shape index (κ1) is 19.3. The van der Waals surface area contributed by atoms with Crippen molar-refractivity contribution in [1.82, 2.24) is 19.5 Å². The van der Waals surface area contributed by atoms with Gasteiger partial charge in [-0.05, 0) is 48.4 Å². The molecule has 28 heavy (non-hydrogen) atoms. The summed E-state index contributed by atoms with van der Waals surface area (Å²) in [6, 6.07) is 5.22. The molecule has 0 bridgehead atoms. The first-order valence-electron chi connectivity index (χ1n) is 9.63. The molecule has 0 radical (unpaired) electrons. The lowest BCUT2D eigenvalue weighted by atomic mass is 9.83. The summed E-state index contributed by atoms with van der Waals surface area (Å²) in [5.41, 5.74) is 1.66.